The molecule has 1 rings (SSSR count). The van der Waals surface area contributed by atoms with Gasteiger partial charge in [-0.15, -0.1) is 0 Å². The lowest BCUT2D eigenvalue weighted by atomic mass is 10.1. The number of nitrogen functional groups attached to an aromatic ring is 1. The molecule has 0 fully saturated rings. The first-order valence-corrected chi connectivity index (χ1v) is 6.35. The minimum absolute atomic E-state index is 0.157. The second-order valence-electron chi connectivity index (χ2n) is 3.57. The summed E-state index contributed by atoms with van der Waals surface area (Å²) in [6, 6.07) is 5.59. The van der Waals surface area contributed by atoms with Gasteiger partial charge in [-0.25, -0.2) is 0 Å². The van der Waals surface area contributed by atoms with Gasteiger partial charge in [-0.05, 0) is 24.1 Å². The van der Waals surface area contributed by atoms with Gasteiger partial charge < -0.3 is 10.5 Å². The van der Waals surface area contributed by atoms with Gasteiger partial charge in [0.2, 0.25) is 0 Å². The quantitative estimate of drug-likeness (QED) is 0.645. The smallest absolute Gasteiger partial charge is 0.185 e. The van der Waals surface area contributed by atoms with Crippen LogP contribution >= 0.6 is 11.8 Å². The van der Waals surface area contributed by atoms with Crippen molar-refractivity contribution in [3.8, 4) is 5.75 Å². The summed E-state index contributed by atoms with van der Waals surface area (Å²) in [4.78, 5) is 10.7. The summed E-state index contributed by atoms with van der Waals surface area (Å²) in [5, 5.41) is 0.157. The Balaban J connectivity index is 2.52. The number of anilines is 1. The first-order valence-electron chi connectivity index (χ1n) is 5.36. The Morgan fingerprint density at radius 1 is 1.47 bits per heavy atom. The number of nitrogens with two attached hydrogens (primary N) is 1. The largest absolute Gasteiger partial charge is 0.497 e. The molecule has 4 heteroatoms. The number of carbonyl (C=O) groups excluding carboxylic acids is 1. The monoisotopic (exact) mass is 251 g/mol. The first-order chi connectivity index (χ1) is 8.11. The summed E-state index contributed by atoms with van der Waals surface area (Å²) in [7, 11) is 1.62. The van der Waals surface area contributed by atoms with E-state index >= 15 is 0 Å². The number of allylic oxidation sites excluding steroid dienone is 1. The Labute approximate surface area is 106 Å². The number of ether oxygens (including phenoxy) is 1. The van der Waals surface area contributed by atoms with E-state index in [9.17, 15) is 4.79 Å². The van der Waals surface area contributed by atoms with E-state index in [1.807, 2.05) is 24.3 Å². The van der Waals surface area contributed by atoms with Gasteiger partial charge in [0.25, 0.3) is 0 Å². The molecular formula is C13H17NO2S. The Hall–Kier alpha value is -1.42. The van der Waals surface area contributed by atoms with Crippen molar-refractivity contribution in [2.75, 3.05) is 18.6 Å². The van der Waals surface area contributed by atoms with Crippen LogP contribution in [0.25, 0.3) is 6.08 Å². The summed E-state index contributed by atoms with van der Waals surface area (Å²) >= 11 is 1.34. The number of methoxy groups -OCH3 is 1. The van der Waals surface area contributed by atoms with E-state index in [2.05, 4.69) is 0 Å². The maximum atomic E-state index is 10.7. The van der Waals surface area contributed by atoms with Crippen LogP contribution in [0.3, 0.4) is 0 Å². The maximum Gasteiger partial charge on any atom is 0.185 e. The molecule has 0 radical (unpaired) electrons. The van der Waals surface area contributed by atoms with Crippen molar-refractivity contribution < 1.29 is 9.53 Å². The maximum absolute atomic E-state index is 10.7. The molecule has 0 heterocycles. The van der Waals surface area contributed by atoms with E-state index in [-0.39, 0.29) is 5.12 Å². The van der Waals surface area contributed by atoms with Crippen LogP contribution in [0.1, 0.15) is 18.9 Å². The van der Waals surface area contributed by atoms with Crippen LogP contribution in [-0.2, 0) is 4.79 Å². The van der Waals surface area contributed by atoms with E-state index in [4.69, 9.17) is 10.5 Å². The summed E-state index contributed by atoms with van der Waals surface area (Å²) in [6.07, 6.45) is 4.88. The first kappa shape index (κ1) is 13.6. The molecule has 2 N–H and O–H groups in total. The summed E-state index contributed by atoms with van der Waals surface area (Å²) < 4.78 is 5.13. The lowest BCUT2D eigenvalue weighted by Crippen LogP contribution is -1.89. The van der Waals surface area contributed by atoms with E-state index < -0.39 is 0 Å². The number of hydrogen-bond donors (Lipinski definition) is 1. The SMILES string of the molecule is COc1cc(N)cc(C=CCCSC(C)=O)c1. The molecule has 92 valence electrons. The minimum atomic E-state index is 0.157. The molecule has 0 aliphatic rings. The number of hydrogen-bond acceptors (Lipinski definition) is 4. The van der Waals surface area contributed by atoms with Gasteiger partial charge in [-0.3, -0.25) is 4.79 Å². The van der Waals surface area contributed by atoms with Gasteiger partial charge in [0.05, 0.1) is 7.11 Å². The van der Waals surface area contributed by atoms with Crippen molar-refractivity contribution in [2.45, 2.75) is 13.3 Å². The predicted octanol–water partition coefficient (Wildman–Crippen LogP) is 2.96. The zero-order valence-electron chi connectivity index (χ0n) is 10.1. The molecule has 0 saturated heterocycles. The Bertz CT molecular complexity index is 416. The number of benzene rings is 1. The van der Waals surface area contributed by atoms with Crippen molar-refractivity contribution in [2.24, 2.45) is 0 Å². The highest BCUT2D eigenvalue weighted by atomic mass is 32.2. The third-order valence-electron chi connectivity index (χ3n) is 2.09. The van der Waals surface area contributed by atoms with Crippen LogP contribution in [0.5, 0.6) is 5.75 Å². The fraction of sp³-hybridized carbons (Fsp3) is 0.308. The molecule has 0 bridgehead atoms. The molecule has 0 aliphatic heterocycles. The second-order valence-corrected chi connectivity index (χ2v) is 4.84. The van der Waals surface area contributed by atoms with Gasteiger partial charge in [0.1, 0.15) is 5.75 Å². The van der Waals surface area contributed by atoms with Gasteiger partial charge in [0, 0.05) is 24.4 Å². The second kappa shape index (κ2) is 7.01. The van der Waals surface area contributed by atoms with Crippen LogP contribution in [0.4, 0.5) is 5.69 Å². The van der Waals surface area contributed by atoms with Crippen LogP contribution < -0.4 is 10.5 Å². The minimum Gasteiger partial charge on any atom is -0.497 e. The van der Waals surface area contributed by atoms with Gasteiger partial charge >= 0.3 is 0 Å². The fourth-order valence-electron chi connectivity index (χ4n) is 1.35. The molecule has 3 nitrogen and oxygen atoms in total. The zero-order valence-corrected chi connectivity index (χ0v) is 10.9. The van der Waals surface area contributed by atoms with E-state index in [0.717, 1.165) is 23.5 Å². The average Bonchev–Trinajstić information content (AvgIpc) is 2.27. The average molecular weight is 251 g/mol. The Morgan fingerprint density at radius 2 is 2.24 bits per heavy atom. The molecule has 17 heavy (non-hydrogen) atoms. The van der Waals surface area contributed by atoms with Crippen molar-refractivity contribution >= 4 is 28.6 Å². The standard InChI is InChI=1S/C13H17NO2S/c1-10(15)17-6-4-3-5-11-7-12(14)9-13(8-11)16-2/h3,5,7-9H,4,6,14H2,1-2H3. The highest BCUT2D eigenvalue weighted by molar-refractivity contribution is 8.13. The Kier molecular flexibility index (Phi) is 5.63. The number of rotatable bonds is 5. The summed E-state index contributed by atoms with van der Waals surface area (Å²) in [6.45, 7) is 1.58. The summed E-state index contributed by atoms with van der Waals surface area (Å²) in [5.74, 6) is 1.56. The third-order valence-corrected chi connectivity index (χ3v) is 2.93. The summed E-state index contributed by atoms with van der Waals surface area (Å²) in [5.41, 5.74) is 7.43. The predicted molar refractivity (Wildman–Crippen MR) is 74.2 cm³/mol. The molecule has 0 atom stereocenters. The molecule has 0 aromatic heterocycles. The van der Waals surface area contributed by atoms with Crippen LogP contribution in [-0.4, -0.2) is 18.0 Å². The lowest BCUT2D eigenvalue weighted by molar-refractivity contribution is -0.109. The molecule has 1 aromatic carbocycles. The van der Waals surface area contributed by atoms with Gasteiger partial charge in [-0.2, -0.15) is 0 Å². The van der Waals surface area contributed by atoms with E-state index in [1.54, 1.807) is 20.1 Å². The normalized spacial score (nSPS) is 10.7. The van der Waals surface area contributed by atoms with Crippen LogP contribution in [0.15, 0.2) is 24.3 Å². The molecule has 0 aliphatic carbocycles. The lowest BCUT2D eigenvalue weighted by Gasteiger charge is -2.03. The van der Waals surface area contributed by atoms with Gasteiger partial charge in [0.15, 0.2) is 5.12 Å². The number of carbonyl (C=O) groups is 1. The molecular weight excluding hydrogens is 234 g/mol. The molecule has 1 aromatic rings. The highest BCUT2D eigenvalue weighted by Crippen LogP contribution is 2.19. The van der Waals surface area contributed by atoms with Gasteiger partial charge in [-0.1, -0.05) is 23.9 Å². The van der Waals surface area contributed by atoms with Crippen LogP contribution in [0, 0.1) is 0 Å². The van der Waals surface area contributed by atoms with Crippen molar-refractivity contribution in [3.63, 3.8) is 0 Å². The van der Waals surface area contributed by atoms with Crippen molar-refractivity contribution in [3.05, 3.63) is 29.8 Å². The molecule has 0 saturated carbocycles. The van der Waals surface area contributed by atoms with Crippen molar-refractivity contribution in [1.29, 1.82) is 0 Å². The highest BCUT2D eigenvalue weighted by Gasteiger charge is 1.96. The van der Waals surface area contributed by atoms with Crippen LogP contribution in [0.2, 0.25) is 0 Å². The molecule has 0 amide bonds. The fourth-order valence-corrected chi connectivity index (χ4v) is 1.89. The van der Waals surface area contributed by atoms with E-state index in [1.165, 1.54) is 11.8 Å². The van der Waals surface area contributed by atoms with E-state index in [0.29, 0.717) is 5.69 Å². The third kappa shape index (κ3) is 5.45. The number of thioether (sulfide) groups is 1. The topological polar surface area (TPSA) is 52.3 Å². The van der Waals surface area contributed by atoms with Crippen molar-refractivity contribution in [1.82, 2.24) is 0 Å². The molecule has 0 unspecified atom stereocenters. The zero-order chi connectivity index (χ0) is 12.7. The molecule has 0 spiro atoms. The Morgan fingerprint density at radius 3 is 2.88 bits per heavy atom.